The second kappa shape index (κ2) is 8.02. The van der Waals surface area contributed by atoms with Crippen LogP contribution in [-0.4, -0.2) is 32.0 Å². The highest BCUT2D eigenvalue weighted by Crippen LogP contribution is 2.27. The van der Waals surface area contributed by atoms with Gasteiger partial charge in [-0.25, -0.2) is 9.97 Å². The van der Waals surface area contributed by atoms with E-state index in [0.717, 1.165) is 52.2 Å². The molecule has 0 aliphatic rings. The van der Waals surface area contributed by atoms with Gasteiger partial charge in [0.1, 0.15) is 5.52 Å². The van der Waals surface area contributed by atoms with Crippen LogP contribution in [-0.2, 0) is 6.54 Å². The van der Waals surface area contributed by atoms with E-state index < -0.39 is 0 Å². The fourth-order valence-corrected chi connectivity index (χ4v) is 3.88. The molecule has 5 aromatic rings. The molecule has 5 rings (SSSR count). The minimum atomic E-state index is -0.101. The number of hydrogen-bond donors (Lipinski definition) is 2. The first kappa shape index (κ1) is 19.0. The van der Waals surface area contributed by atoms with E-state index in [0.29, 0.717) is 17.9 Å². The molecule has 0 atom stereocenters. The van der Waals surface area contributed by atoms with Gasteiger partial charge in [-0.1, -0.05) is 36.4 Å². The smallest absolute Gasteiger partial charge is 0.252 e. The van der Waals surface area contributed by atoms with Crippen molar-refractivity contribution in [3.05, 3.63) is 72.7 Å². The average molecular weight is 410 g/mol. The molecule has 7 heteroatoms. The number of benzene rings is 2. The Labute approximate surface area is 178 Å². The van der Waals surface area contributed by atoms with E-state index in [1.165, 1.54) is 0 Å². The zero-order valence-electron chi connectivity index (χ0n) is 17.0. The summed E-state index contributed by atoms with van der Waals surface area (Å²) in [5.74, 6) is 0.347. The van der Waals surface area contributed by atoms with Gasteiger partial charge in [-0.05, 0) is 31.0 Å². The van der Waals surface area contributed by atoms with E-state index in [-0.39, 0.29) is 5.91 Å². The van der Waals surface area contributed by atoms with Crippen LogP contribution >= 0.6 is 0 Å². The van der Waals surface area contributed by atoms with Crippen LogP contribution in [0.3, 0.4) is 0 Å². The number of carbonyl (C=O) groups excluding carboxylic acids is 1. The zero-order chi connectivity index (χ0) is 21.2. The summed E-state index contributed by atoms with van der Waals surface area (Å²) in [7, 11) is 0. The van der Waals surface area contributed by atoms with Crippen LogP contribution in [0.25, 0.3) is 32.8 Å². The minimum Gasteiger partial charge on any atom is -0.382 e. The third kappa shape index (κ3) is 3.66. The number of aromatic nitrogens is 4. The second-order valence-corrected chi connectivity index (χ2v) is 7.53. The standard InChI is InChI=1S/C24H22N6O/c25-23-21-22(18-8-2-4-10-20(18)29-23)30(15-28-21)12-6-5-11-26-24(31)17-13-16-7-1-3-9-19(16)27-14-17/h1-4,7-10,13-15H,5-6,11-12H2,(H2,25,29)(H,26,31). The van der Waals surface area contributed by atoms with Gasteiger partial charge < -0.3 is 15.6 Å². The number of fused-ring (bicyclic) bond motifs is 4. The van der Waals surface area contributed by atoms with Gasteiger partial charge in [-0.2, -0.15) is 0 Å². The van der Waals surface area contributed by atoms with E-state index in [4.69, 9.17) is 5.73 Å². The molecule has 0 fully saturated rings. The number of nitrogens with two attached hydrogens (primary N) is 1. The highest BCUT2D eigenvalue weighted by atomic mass is 16.1. The number of pyridine rings is 2. The molecular formula is C24H22N6O. The van der Waals surface area contributed by atoms with Crippen LogP contribution in [0, 0.1) is 0 Å². The van der Waals surface area contributed by atoms with Gasteiger partial charge in [-0.15, -0.1) is 0 Å². The van der Waals surface area contributed by atoms with Crippen molar-refractivity contribution < 1.29 is 4.79 Å². The first-order valence-electron chi connectivity index (χ1n) is 10.3. The van der Waals surface area contributed by atoms with Gasteiger partial charge in [0.25, 0.3) is 5.91 Å². The van der Waals surface area contributed by atoms with Crippen LogP contribution in [0.5, 0.6) is 0 Å². The predicted octanol–water partition coefficient (Wildman–Crippen LogP) is 3.93. The molecule has 0 spiro atoms. The Balaban J connectivity index is 1.22. The third-order valence-corrected chi connectivity index (χ3v) is 5.44. The molecule has 0 saturated heterocycles. The predicted molar refractivity (Wildman–Crippen MR) is 123 cm³/mol. The molecule has 0 unspecified atom stereocenters. The van der Waals surface area contributed by atoms with Gasteiger partial charge in [0.05, 0.1) is 28.4 Å². The number of amides is 1. The van der Waals surface area contributed by atoms with E-state index in [1.54, 1.807) is 6.20 Å². The molecule has 0 radical (unpaired) electrons. The lowest BCUT2D eigenvalue weighted by molar-refractivity contribution is 0.0952. The van der Waals surface area contributed by atoms with Crippen molar-refractivity contribution in [2.24, 2.45) is 0 Å². The number of rotatable bonds is 6. The summed E-state index contributed by atoms with van der Waals surface area (Å²) in [6, 6.07) is 17.6. The van der Waals surface area contributed by atoms with Crippen LogP contribution in [0.4, 0.5) is 5.82 Å². The molecule has 0 saturated carbocycles. The summed E-state index contributed by atoms with van der Waals surface area (Å²) in [6.45, 7) is 1.39. The SMILES string of the molecule is Nc1nc2ccccc2c2c1ncn2CCCCNC(=O)c1cnc2ccccc2c1. The number of nitrogens with zero attached hydrogens (tertiary/aromatic N) is 4. The van der Waals surface area contributed by atoms with Gasteiger partial charge in [0, 0.05) is 30.1 Å². The molecule has 0 aliphatic heterocycles. The molecule has 3 heterocycles. The first-order valence-corrected chi connectivity index (χ1v) is 10.3. The van der Waals surface area contributed by atoms with Crippen molar-refractivity contribution in [2.75, 3.05) is 12.3 Å². The lowest BCUT2D eigenvalue weighted by Gasteiger charge is -2.09. The van der Waals surface area contributed by atoms with Gasteiger partial charge >= 0.3 is 0 Å². The van der Waals surface area contributed by atoms with Gasteiger partial charge in [-0.3, -0.25) is 9.78 Å². The Morgan fingerprint density at radius 1 is 1.00 bits per heavy atom. The number of unbranched alkanes of at least 4 members (excludes halogenated alkanes) is 1. The lowest BCUT2D eigenvalue weighted by atomic mass is 10.1. The molecule has 3 N–H and O–H groups in total. The third-order valence-electron chi connectivity index (χ3n) is 5.44. The average Bonchev–Trinajstić information content (AvgIpc) is 3.23. The quantitative estimate of drug-likeness (QED) is 0.413. The van der Waals surface area contributed by atoms with E-state index in [2.05, 4.69) is 24.8 Å². The molecule has 1 amide bonds. The fraction of sp³-hybridized carbons (Fsp3) is 0.167. The van der Waals surface area contributed by atoms with E-state index in [9.17, 15) is 4.79 Å². The molecule has 2 aromatic carbocycles. The molecule has 0 bridgehead atoms. The first-order chi connectivity index (χ1) is 15.2. The number of nitrogens with one attached hydrogen (secondary N) is 1. The largest absolute Gasteiger partial charge is 0.382 e. The summed E-state index contributed by atoms with van der Waals surface area (Å²) in [5, 5.41) is 4.99. The van der Waals surface area contributed by atoms with Crippen LogP contribution in [0.2, 0.25) is 0 Å². The highest BCUT2D eigenvalue weighted by Gasteiger charge is 2.12. The molecule has 3 aromatic heterocycles. The summed E-state index contributed by atoms with van der Waals surface area (Å²) in [5.41, 5.74) is 10.2. The van der Waals surface area contributed by atoms with Crippen molar-refractivity contribution in [1.82, 2.24) is 24.8 Å². The maximum absolute atomic E-state index is 12.5. The Morgan fingerprint density at radius 3 is 2.71 bits per heavy atom. The highest BCUT2D eigenvalue weighted by molar-refractivity contribution is 6.06. The topological polar surface area (TPSA) is 98.7 Å². The maximum atomic E-state index is 12.5. The minimum absolute atomic E-state index is 0.101. The number of para-hydroxylation sites is 2. The molecule has 31 heavy (non-hydrogen) atoms. The molecule has 154 valence electrons. The van der Waals surface area contributed by atoms with E-state index in [1.807, 2.05) is 60.9 Å². The number of nitrogen functional groups attached to an aromatic ring is 1. The van der Waals surface area contributed by atoms with Crippen molar-refractivity contribution in [3.63, 3.8) is 0 Å². The number of hydrogen-bond acceptors (Lipinski definition) is 5. The molecule has 0 aliphatic carbocycles. The Kier molecular flexibility index (Phi) is 4.92. The monoisotopic (exact) mass is 410 g/mol. The van der Waals surface area contributed by atoms with Crippen molar-refractivity contribution >= 4 is 44.6 Å². The Morgan fingerprint density at radius 2 is 1.81 bits per heavy atom. The molecular weight excluding hydrogens is 388 g/mol. The van der Waals surface area contributed by atoms with Crippen molar-refractivity contribution in [2.45, 2.75) is 19.4 Å². The van der Waals surface area contributed by atoms with Crippen LogP contribution < -0.4 is 11.1 Å². The van der Waals surface area contributed by atoms with Crippen LogP contribution in [0.15, 0.2) is 67.1 Å². The van der Waals surface area contributed by atoms with Gasteiger partial charge in [0.15, 0.2) is 5.82 Å². The number of aryl methyl sites for hydroxylation is 1. The lowest BCUT2D eigenvalue weighted by Crippen LogP contribution is -2.24. The summed E-state index contributed by atoms with van der Waals surface area (Å²) >= 11 is 0. The van der Waals surface area contributed by atoms with Gasteiger partial charge in [0.2, 0.25) is 0 Å². The normalized spacial score (nSPS) is 11.4. The molecule has 7 nitrogen and oxygen atoms in total. The summed E-state index contributed by atoms with van der Waals surface area (Å²) < 4.78 is 2.12. The van der Waals surface area contributed by atoms with E-state index >= 15 is 0 Å². The Hall–Kier alpha value is -4.00. The van der Waals surface area contributed by atoms with Crippen LogP contribution in [0.1, 0.15) is 23.2 Å². The zero-order valence-corrected chi connectivity index (χ0v) is 17.0. The number of anilines is 1. The maximum Gasteiger partial charge on any atom is 0.252 e. The Bertz CT molecular complexity index is 1410. The fourth-order valence-electron chi connectivity index (χ4n) is 3.88. The second-order valence-electron chi connectivity index (χ2n) is 7.53. The number of imidazole rings is 1. The van der Waals surface area contributed by atoms with Crippen molar-refractivity contribution in [1.29, 1.82) is 0 Å². The summed E-state index contributed by atoms with van der Waals surface area (Å²) in [6.07, 6.45) is 5.19. The number of carbonyl (C=O) groups is 1. The summed E-state index contributed by atoms with van der Waals surface area (Å²) in [4.78, 5) is 25.7. The van der Waals surface area contributed by atoms with Crippen molar-refractivity contribution in [3.8, 4) is 0 Å².